The molecule has 0 aliphatic carbocycles. The molecular weight excluding hydrogens is 537 g/mol. The van der Waals surface area contributed by atoms with Gasteiger partial charge in [-0.25, -0.2) is 24.3 Å². The lowest BCUT2D eigenvalue weighted by atomic mass is 9.92. The van der Waals surface area contributed by atoms with Gasteiger partial charge in [0.25, 0.3) is 0 Å². The smallest absolute Gasteiger partial charge is 0.454 e. The van der Waals surface area contributed by atoms with Gasteiger partial charge in [0.2, 0.25) is 18.6 Å². The monoisotopic (exact) mass is 562 g/mol. The normalized spacial score (nSPS) is 14.7. The van der Waals surface area contributed by atoms with E-state index < -0.39 is 30.5 Å². The van der Waals surface area contributed by atoms with Crippen LogP contribution in [-0.2, 0) is 45.0 Å². The van der Waals surface area contributed by atoms with Gasteiger partial charge < -0.3 is 19.2 Å². The summed E-state index contributed by atoms with van der Waals surface area (Å²) in [6.45, 7) is 0.946. The lowest BCUT2D eigenvalue weighted by Crippen LogP contribution is -2.27. The molecule has 0 radical (unpaired) electrons. The number of rotatable bonds is 9. The molecule has 2 aliphatic heterocycles. The molecule has 14 heteroatoms. The predicted molar refractivity (Wildman–Crippen MR) is 129 cm³/mol. The Balaban J connectivity index is 1.21. The number of fused-ring (bicyclic) bond motifs is 2. The molecular formula is C26H25F3N4O7. The summed E-state index contributed by atoms with van der Waals surface area (Å²) in [5.74, 6) is -2.00. The fourth-order valence-corrected chi connectivity index (χ4v) is 4.45. The second kappa shape index (κ2) is 11.8. The molecule has 4 heterocycles. The summed E-state index contributed by atoms with van der Waals surface area (Å²) in [6, 6.07) is 9.07. The van der Waals surface area contributed by atoms with E-state index in [1.165, 1.54) is 5.56 Å². The second-order valence-corrected chi connectivity index (χ2v) is 9.33. The predicted octanol–water partition coefficient (Wildman–Crippen LogP) is 4.01. The first-order valence-electron chi connectivity index (χ1n) is 12.7. The topological polar surface area (TPSA) is 135 Å². The molecule has 0 bridgehead atoms. The minimum absolute atomic E-state index is 0.0311. The van der Waals surface area contributed by atoms with Crippen molar-refractivity contribution in [3.8, 4) is 11.5 Å². The van der Waals surface area contributed by atoms with Crippen LogP contribution in [0.3, 0.4) is 0 Å². The van der Waals surface area contributed by atoms with E-state index in [9.17, 15) is 22.8 Å². The molecule has 0 spiro atoms. The van der Waals surface area contributed by atoms with Crippen LogP contribution in [0, 0.1) is 0 Å². The minimum Gasteiger partial charge on any atom is -0.454 e. The Kier molecular flexibility index (Phi) is 8.03. The third-order valence-electron chi connectivity index (χ3n) is 6.43. The molecule has 5 rings (SSSR count). The van der Waals surface area contributed by atoms with Gasteiger partial charge in [0.05, 0.1) is 6.42 Å². The van der Waals surface area contributed by atoms with Gasteiger partial charge in [-0.2, -0.15) is 13.2 Å². The summed E-state index contributed by atoms with van der Waals surface area (Å²) in [4.78, 5) is 35.6. The van der Waals surface area contributed by atoms with Crippen molar-refractivity contribution >= 4 is 17.8 Å². The number of nitrogens with zero attached hydrogens (tertiary/aromatic N) is 3. The van der Waals surface area contributed by atoms with E-state index in [0.717, 1.165) is 43.7 Å². The van der Waals surface area contributed by atoms with Gasteiger partial charge >= 0.3 is 18.1 Å². The largest absolute Gasteiger partial charge is 0.495 e. The van der Waals surface area contributed by atoms with Crippen molar-refractivity contribution in [2.75, 3.05) is 18.7 Å². The molecule has 0 saturated heterocycles. The van der Waals surface area contributed by atoms with Gasteiger partial charge in [-0.05, 0) is 55.0 Å². The van der Waals surface area contributed by atoms with Crippen molar-refractivity contribution < 1.29 is 46.4 Å². The molecule has 2 aliphatic rings. The molecule has 40 heavy (non-hydrogen) atoms. The van der Waals surface area contributed by atoms with Gasteiger partial charge in [-0.3, -0.25) is 0 Å². The first-order chi connectivity index (χ1) is 19.2. The fraction of sp³-hybridized carbons (Fsp3) is 0.423. The molecule has 0 saturated carbocycles. The molecule has 1 atom stereocenters. The van der Waals surface area contributed by atoms with E-state index in [4.69, 9.17) is 13.9 Å². The molecule has 1 unspecified atom stereocenters. The molecule has 0 fully saturated rings. The Morgan fingerprint density at radius 2 is 1.85 bits per heavy atom. The maximum Gasteiger partial charge on any atom is 0.495 e. The third-order valence-corrected chi connectivity index (χ3v) is 6.43. The number of carbonyl (C=O) groups excluding carboxylic acids is 2. The molecule has 3 aromatic rings. The fourth-order valence-electron chi connectivity index (χ4n) is 4.45. The van der Waals surface area contributed by atoms with Crippen molar-refractivity contribution in [1.29, 1.82) is 0 Å². The summed E-state index contributed by atoms with van der Waals surface area (Å²) < 4.78 is 53.6. The number of alkyl halides is 3. The highest BCUT2D eigenvalue weighted by atomic mass is 19.4. The van der Waals surface area contributed by atoms with E-state index in [1.54, 1.807) is 18.2 Å². The van der Waals surface area contributed by atoms with Crippen LogP contribution in [0.5, 0.6) is 11.5 Å². The Bertz CT molecular complexity index is 1380. The van der Waals surface area contributed by atoms with Crippen LogP contribution >= 0.6 is 0 Å². The van der Waals surface area contributed by atoms with Crippen molar-refractivity contribution in [3.63, 3.8) is 0 Å². The Morgan fingerprint density at radius 3 is 2.70 bits per heavy atom. The zero-order chi connectivity index (χ0) is 28.1. The molecule has 2 aromatic heterocycles. The highest BCUT2D eigenvalue weighted by Crippen LogP contribution is 2.36. The van der Waals surface area contributed by atoms with Gasteiger partial charge in [0.15, 0.2) is 11.5 Å². The zero-order valence-corrected chi connectivity index (χ0v) is 21.2. The minimum atomic E-state index is -5.30. The van der Waals surface area contributed by atoms with Crippen LogP contribution in [-0.4, -0.2) is 46.6 Å². The SMILES string of the molecule is O=C(CC(Cc1nnc(CCCc2ccc3c(n2)NCCC3)o1)c1ccc2c(c1)OCO2)OOC(=O)C(F)(F)F. The number of benzene rings is 1. The molecule has 0 amide bonds. The number of aromatic nitrogens is 3. The quantitative estimate of drug-likeness (QED) is 0.299. The van der Waals surface area contributed by atoms with Crippen molar-refractivity contribution in [2.24, 2.45) is 0 Å². The maximum absolute atomic E-state index is 12.4. The van der Waals surface area contributed by atoms with Gasteiger partial charge in [0, 0.05) is 31.0 Å². The zero-order valence-electron chi connectivity index (χ0n) is 21.2. The summed E-state index contributed by atoms with van der Waals surface area (Å²) >= 11 is 0. The molecule has 1 aromatic carbocycles. The van der Waals surface area contributed by atoms with E-state index in [1.807, 2.05) is 6.07 Å². The lowest BCUT2D eigenvalue weighted by molar-refractivity contribution is -0.286. The molecule has 1 N–H and O–H groups in total. The van der Waals surface area contributed by atoms with E-state index in [2.05, 4.69) is 36.3 Å². The third kappa shape index (κ3) is 6.79. The van der Waals surface area contributed by atoms with Gasteiger partial charge in [0.1, 0.15) is 5.82 Å². The standard InChI is InChI=1S/C26H25F3N4O7/c27-26(28,29)25(35)40-39-23(34)13-17(16-7-9-19-20(11-16)37-14-36-19)12-22-33-32-21(38-22)5-1-4-18-8-6-15-3-2-10-30-24(15)31-18/h6-9,11,17H,1-5,10,12-14H2,(H,30,31). The number of halogens is 3. The first kappa shape index (κ1) is 27.2. The van der Waals surface area contributed by atoms with E-state index in [0.29, 0.717) is 29.4 Å². The molecule has 11 nitrogen and oxygen atoms in total. The summed E-state index contributed by atoms with van der Waals surface area (Å²) in [7, 11) is 0. The van der Waals surface area contributed by atoms with Crippen LogP contribution in [0.25, 0.3) is 0 Å². The van der Waals surface area contributed by atoms with E-state index in [-0.39, 0.29) is 19.1 Å². The average Bonchev–Trinajstić information content (AvgIpc) is 3.59. The van der Waals surface area contributed by atoms with Gasteiger partial charge in [-0.1, -0.05) is 12.1 Å². The van der Waals surface area contributed by atoms with Crippen molar-refractivity contribution in [3.05, 3.63) is 58.9 Å². The number of aryl methyl sites for hydroxylation is 3. The molecule has 212 valence electrons. The lowest BCUT2D eigenvalue weighted by Gasteiger charge is -2.17. The Labute approximate surface area is 225 Å². The van der Waals surface area contributed by atoms with Crippen LogP contribution < -0.4 is 14.8 Å². The summed E-state index contributed by atoms with van der Waals surface area (Å²) in [5, 5.41) is 11.5. The number of hydrogen-bond acceptors (Lipinski definition) is 11. The Morgan fingerprint density at radius 1 is 1.02 bits per heavy atom. The maximum atomic E-state index is 12.4. The second-order valence-electron chi connectivity index (χ2n) is 9.33. The number of anilines is 1. The van der Waals surface area contributed by atoms with E-state index >= 15 is 0 Å². The van der Waals surface area contributed by atoms with Crippen LogP contribution in [0.4, 0.5) is 19.0 Å². The number of carbonyl (C=O) groups is 2. The average molecular weight is 563 g/mol. The Hall–Kier alpha value is -4.36. The number of hydrogen-bond donors (Lipinski definition) is 1. The van der Waals surface area contributed by atoms with Crippen molar-refractivity contribution in [2.45, 2.75) is 57.0 Å². The highest BCUT2D eigenvalue weighted by Gasteiger charge is 2.43. The summed E-state index contributed by atoms with van der Waals surface area (Å²) in [6.07, 6.45) is -1.63. The number of pyridine rings is 1. The van der Waals surface area contributed by atoms with Crippen LogP contribution in [0.15, 0.2) is 34.7 Å². The van der Waals surface area contributed by atoms with Crippen LogP contribution in [0.1, 0.15) is 53.8 Å². The number of ether oxygens (including phenoxy) is 2. The van der Waals surface area contributed by atoms with Gasteiger partial charge in [-0.15, -0.1) is 10.2 Å². The first-order valence-corrected chi connectivity index (χ1v) is 12.7. The number of nitrogens with one attached hydrogen (secondary N) is 1. The van der Waals surface area contributed by atoms with Crippen molar-refractivity contribution in [1.82, 2.24) is 15.2 Å². The van der Waals surface area contributed by atoms with Crippen LogP contribution in [0.2, 0.25) is 0 Å². The highest BCUT2D eigenvalue weighted by molar-refractivity contribution is 5.77. The summed E-state index contributed by atoms with van der Waals surface area (Å²) in [5.41, 5.74) is 2.76.